The summed E-state index contributed by atoms with van der Waals surface area (Å²) < 4.78 is 16.7. The largest absolute Gasteiger partial charge is 0.497 e. The number of furan rings is 1. The number of carbonyl (C=O) groups is 1. The van der Waals surface area contributed by atoms with E-state index in [4.69, 9.17) is 13.9 Å². The minimum atomic E-state index is -0.469. The molecule has 1 amide bonds. The molecule has 0 aliphatic rings. The molecule has 1 aromatic heterocycles. The quantitative estimate of drug-likeness (QED) is 0.133. The Morgan fingerprint density at radius 3 is 2.20 bits per heavy atom. The highest BCUT2D eigenvalue weighted by atomic mass is 16.6. The summed E-state index contributed by atoms with van der Waals surface area (Å²) in [6.07, 6.45) is 8.07. The number of unbranched alkanes of at least 4 members (excludes halogenated alkanes) is 6. The molecule has 0 N–H and O–H groups in total. The van der Waals surface area contributed by atoms with Crippen molar-refractivity contribution in [2.75, 3.05) is 20.2 Å². The van der Waals surface area contributed by atoms with Crippen molar-refractivity contribution in [2.45, 2.75) is 71.8 Å². The molecule has 0 saturated carbocycles. The third-order valence-corrected chi connectivity index (χ3v) is 6.25. The Morgan fingerprint density at radius 1 is 0.943 bits per heavy atom. The Labute approximate surface area is 206 Å². The van der Waals surface area contributed by atoms with Crippen LogP contribution in [0.3, 0.4) is 0 Å². The van der Waals surface area contributed by atoms with Gasteiger partial charge >= 0.3 is 6.09 Å². The van der Waals surface area contributed by atoms with Gasteiger partial charge in [-0.1, -0.05) is 52.4 Å². The van der Waals surface area contributed by atoms with Gasteiger partial charge in [-0.15, -0.1) is 0 Å². The van der Waals surface area contributed by atoms with Crippen molar-refractivity contribution in [2.24, 2.45) is 0 Å². The number of ether oxygens (including phenoxy) is 2. The molecule has 1 heterocycles. The van der Waals surface area contributed by atoms with Gasteiger partial charge in [0.1, 0.15) is 23.5 Å². The van der Waals surface area contributed by atoms with Gasteiger partial charge in [0.2, 0.25) is 0 Å². The third-order valence-electron chi connectivity index (χ3n) is 6.25. The molecule has 0 saturated heterocycles. The Morgan fingerprint density at radius 2 is 1.60 bits per heavy atom. The van der Waals surface area contributed by atoms with Gasteiger partial charge in [0.15, 0.2) is 0 Å². The van der Waals surface area contributed by atoms with E-state index in [1.54, 1.807) is 30.2 Å². The molecule has 3 aromatic rings. The summed E-state index contributed by atoms with van der Waals surface area (Å²) in [6, 6.07) is 8.46. The van der Waals surface area contributed by atoms with Crippen LogP contribution in [-0.4, -0.2) is 36.1 Å². The summed E-state index contributed by atoms with van der Waals surface area (Å²) in [6.45, 7) is 5.40. The lowest BCUT2D eigenvalue weighted by Gasteiger charge is -2.22. The van der Waals surface area contributed by atoms with E-state index in [1.807, 2.05) is 6.07 Å². The number of hydrogen-bond acceptors (Lipinski definition) is 6. The molecule has 8 heteroatoms. The zero-order valence-electron chi connectivity index (χ0n) is 21.0. The molecule has 0 aliphatic carbocycles. The first-order valence-corrected chi connectivity index (χ1v) is 12.6. The van der Waals surface area contributed by atoms with Crippen LogP contribution in [0.25, 0.3) is 21.9 Å². The average molecular weight is 485 g/mol. The summed E-state index contributed by atoms with van der Waals surface area (Å²) >= 11 is 0. The normalized spacial score (nSPS) is 11.2. The fourth-order valence-electron chi connectivity index (χ4n) is 4.23. The summed E-state index contributed by atoms with van der Waals surface area (Å²) in [7, 11) is 1.58. The minimum absolute atomic E-state index is 0.131. The van der Waals surface area contributed by atoms with Crippen molar-refractivity contribution in [3.05, 3.63) is 46.0 Å². The molecule has 0 aliphatic heterocycles. The standard InChI is InChI=1S/C27H36N2O6/c1-4-6-8-10-14-28(15-11-9-7-5-2)27(30)34-19-20-16-22-23-17-21(33-3)12-13-25(23)35-26(22)18-24(20)29(31)32/h12-13,16-18H,4-11,14-15,19H2,1-3H3. The maximum atomic E-state index is 12.9. The fourth-order valence-corrected chi connectivity index (χ4v) is 4.23. The van der Waals surface area contributed by atoms with E-state index in [1.165, 1.54) is 6.07 Å². The third kappa shape index (κ3) is 6.87. The van der Waals surface area contributed by atoms with Crippen LogP contribution < -0.4 is 4.74 Å². The summed E-state index contributed by atoms with van der Waals surface area (Å²) in [5.74, 6) is 0.660. The number of amides is 1. The molecule has 3 rings (SSSR count). The zero-order valence-corrected chi connectivity index (χ0v) is 21.0. The van der Waals surface area contributed by atoms with Gasteiger partial charge in [0.05, 0.1) is 23.7 Å². The maximum absolute atomic E-state index is 12.9. The molecular formula is C27H36N2O6. The number of methoxy groups -OCH3 is 1. The Bertz CT molecular complexity index is 1130. The average Bonchev–Trinajstić information content (AvgIpc) is 3.22. The smallest absolute Gasteiger partial charge is 0.410 e. The predicted octanol–water partition coefficient (Wildman–Crippen LogP) is 7.60. The van der Waals surface area contributed by atoms with Gasteiger partial charge in [-0.05, 0) is 37.1 Å². The molecule has 0 bridgehead atoms. The molecule has 35 heavy (non-hydrogen) atoms. The fraction of sp³-hybridized carbons (Fsp3) is 0.519. The van der Waals surface area contributed by atoms with E-state index >= 15 is 0 Å². The Balaban J connectivity index is 1.79. The van der Waals surface area contributed by atoms with Crippen molar-refractivity contribution in [1.82, 2.24) is 4.90 Å². The zero-order chi connectivity index (χ0) is 25.2. The monoisotopic (exact) mass is 484 g/mol. The number of benzene rings is 2. The molecule has 8 nitrogen and oxygen atoms in total. The van der Waals surface area contributed by atoms with Crippen molar-refractivity contribution in [1.29, 1.82) is 0 Å². The number of rotatable bonds is 14. The van der Waals surface area contributed by atoms with Crippen LogP contribution in [0.2, 0.25) is 0 Å². The van der Waals surface area contributed by atoms with E-state index in [2.05, 4.69) is 13.8 Å². The highest BCUT2D eigenvalue weighted by molar-refractivity contribution is 6.06. The van der Waals surface area contributed by atoms with E-state index < -0.39 is 11.0 Å². The topological polar surface area (TPSA) is 95.1 Å². The second-order valence-corrected chi connectivity index (χ2v) is 8.86. The SMILES string of the molecule is CCCCCCN(CCCCCC)C(=O)OCc1cc2c(cc1[N+](=O)[O-])oc1ccc(OC)cc12. The molecule has 2 aromatic carbocycles. The van der Waals surface area contributed by atoms with Gasteiger partial charge < -0.3 is 18.8 Å². The van der Waals surface area contributed by atoms with Crippen LogP contribution >= 0.6 is 0 Å². The molecule has 0 radical (unpaired) electrons. The van der Waals surface area contributed by atoms with Gasteiger partial charge in [0, 0.05) is 23.9 Å². The summed E-state index contributed by atoms with van der Waals surface area (Å²) in [4.78, 5) is 26.0. The van der Waals surface area contributed by atoms with E-state index in [-0.39, 0.29) is 12.3 Å². The van der Waals surface area contributed by atoms with Gasteiger partial charge in [-0.3, -0.25) is 10.1 Å². The number of fused-ring (bicyclic) bond motifs is 3. The maximum Gasteiger partial charge on any atom is 0.410 e. The molecule has 0 atom stereocenters. The second-order valence-electron chi connectivity index (χ2n) is 8.86. The van der Waals surface area contributed by atoms with Crippen LogP contribution in [0.4, 0.5) is 10.5 Å². The van der Waals surface area contributed by atoms with Gasteiger partial charge in [-0.25, -0.2) is 4.79 Å². The Kier molecular flexibility index (Phi) is 9.76. The van der Waals surface area contributed by atoms with Crippen molar-refractivity contribution in [3.63, 3.8) is 0 Å². The summed E-state index contributed by atoms with van der Waals surface area (Å²) in [5, 5.41) is 13.3. The van der Waals surface area contributed by atoms with Crippen molar-refractivity contribution < 1.29 is 23.6 Å². The lowest BCUT2D eigenvalue weighted by atomic mass is 10.1. The van der Waals surface area contributed by atoms with Crippen molar-refractivity contribution in [3.8, 4) is 5.75 Å². The number of nitro benzene ring substituents is 1. The van der Waals surface area contributed by atoms with E-state index in [9.17, 15) is 14.9 Å². The van der Waals surface area contributed by atoms with Crippen LogP contribution in [0.1, 0.15) is 70.8 Å². The molecule has 0 unspecified atom stereocenters. The molecule has 0 spiro atoms. The second kappa shape index (κ2) is 13.0. The number of nitro groups is 1. The predicted molar refractivity (Wildman–Crippen MR) is 137 cm³/mol. The van der Waals surface area contributed by atoms with Crippen molar-refractivity contribution >= 4 is 33.7 Å². The highest BCUT2D eigenvalue weighted by Gasteiger charge is 2.22. The first kappa shape index (κ1) is 26.3. The van der Waals surface area contributed by atoms with Crippen LogP contribution in [0.5, 0.6) is 5.75 Å². The lowest BCUT2D eigenvalue weighted by molar-refractivity contribution is -0.385. The van der Waals surface area contributed by atoms with Gasteiger partial charge in [-0.2, -0.15) is 0 Å². The van der Waals surface area contributed by atoms with Crippen LogP contribution in [-0.2, 0) is 11.3 Å². The number of nitrogens with zero attached hydrogens (tertiary/aromatic N) is 2. The first-order valence-electron chi connectivity index (χ1n) is 12.6. The molecular weight excluding hydrogens is 448 g/mol. The van der Waals surface area contributed by atoms with Gasteiger partial charge in [0.25, 0.3) is 5.69 Å². The Hall–Kier alpha value is -3.29. The number of carbonyl (C=O) groups excluding carboxylic acids is 1. The molecule has 190 valence electrons. The van der Waals surface area contributed by atoms with Crippen LogP contribution in [0.15, 0.2) is 34.7 Å². The number of hydrogen-bond donors (Lipinski definition) is 0. The van der Waals surface area contributed by atoms with Crippen LogP contribution in [0, 0.1) is 10.1 Å². The first-order chi connectivity index (χ1) is 17.0. The minimum Gasteiger partial charge on any atom is -0.497 e. The lowest BCUT2D eigenvalue weighted by Crippen LogP contribution is -2.33. The van der Waals surface area contributed by atoms with E-state index in [0.29, 0.717) is 41.0 Å². The highest BCUT2D eigenvalue weighted by Crippen LogP contribution is 2.35. The van der Waals surface area contributed by atoms with E-state index in [0.717, 1.165) is 56.8 Å². The molecule has 0 fully saturated rings. The summed E-state index contributed by atoms with van der Waals surface area (Å²) in [5.41, 5.74) is 1.21.